The second-order valence-corrected chi connectivity index (χ2v) is 8.10. The Labute approximate surface area is 165 Å². The average Bonchev–Trinajstić information content (AvgIpc) is 3.13. The van der Waals surface area contributed by atoms with E-state index in [1.807, 2.05) is 49.0 Å². The summed E-state index contributed by atoms with van der Waals surface area (Å²) in [6, 6.07) is 14.0. The summed E-state index contributed by atoms with van der Waals surface area (Å²) in [4.78, 5) is 11.6. The van der Waals surface area contributed by atoms with Gasteiger partial charge in [-0.2, -0.15) is 0 Å². The Morgan fingerprint density at radius 3 is 2.59 bits per heavy atom. The van der Waals surface area contributed by atoms with Crippen molar-refractivity contribution in [3.8, 4) is 5.75 Å². The Hall–Kier alpha value is -1.82. The highest BCUT2D eigenvalue weighted by atomic mass is 32.2. The van der Waals surface area contributed by atoms with Crippen LogP contribution in [0.2, 0.25) is 0 Å². The lowest BCUT2D eigenvalue weighted by molar-refractivity contribution is -0.150. The molecule has 4 nitrogen and oxygen atoms in total. The minimum absolute atomic E-state index is 0.0406. The molecule has 0 radical (unpaired) electrons. The fourth-order valence-corrected chi connectivity index (χ4v) is 4.39. The number of carbonyl (C=O) groups is 1. The van der Waals surface area contributed by atoms with Crippen molar-refractivity contribution in [2.24, 2.45) is 0 Å². The van der Waals surface area contributed by atoms with E-state index in [0.717, 1.165) is 22.6 Å². The third-order valence-corrected chi connectivity index (χ3v) is 6.14. The fraction of sp³-hybridized carbons (Fsp3) is 0.409. The van der Waals surface area contributed by atoms with Crippen LogP contribution in [0.15, 0.2) is 42.5 Å². The second kappa shape index (κ2) is 8.46. The van der Waals surface area contributed by atoms with E-state index in [4.69, 9.17) is 14.2 Å². The minimum atomic E-state index is -0.665. The number of methoxy groups -OCH3 is 1. The number of ether oxygens (including phenoxy) is 3. The molecule has 2 aromatic carbocycles. The van der Waals surface area contributed by atoms with Gasteiger partial charge in [-0.25, -0.2) is 0 Å². The van der Waals surface area contributed by atoms with Crippen LogP contribution in [0.5, 0.6) is 5.75 Å². The van der Waals surface area contributed by atoms with E-state index >= 15 is 0 Å². The summed E-state index contributed by atoms with van der Waals surface area (Å²) in [5, 5.41) is 0.215. The number of hydrogen-bond donors (Lipinski definition) is 0. The van der Waals surface area contributed by atoms with Gasteiger partial charge in [-0.1, -0.05) is 36.4 Å². The van der Waals surface area contributed by atoms with Crippen LogP contribution >= 0.6 is 11.8 Å². The second-order valence-electron chi connectivity index (χ2n) is 6.77. The van der Waals surface area contributed by atoms with Gasteiger partial charge in [0.25, 0.3) is 0 Å². The maximum Gasteiger partial charge on any atom is 0.192 e. The van der Waals surface area contributed by atoms with Crippen molar-refractivity contribution < 1.29 is 19.0 Å². The molecule has 2 aromatic rings. The molecule has 0 aromatic heterocycles. The van der Waals surface area contributed by atoms with E-state index in [0.29, 0.717) is 18.8 Å². The van der Waals surface area contributed by atoms with Crippen molar-refractivity contribution in [2.45, 2.75) is 37.6 Å². The molecule has 0 saturated carbocycles. The molecule has 1 unspecified atom stereocenters. The Morgan fingerprint density at radius 2 is 1.93 bits per heavy atom. The monoisotopic (exact) mass is 386 g/mol. The zero-order valence-corrected chi connectivity index (χ0v) is 17.1. The number of Topliss-reactive ketones (excluding diaryl/α,β-unsaturated/α-hetero) is 1. The molecule has 0 bridgehead atoms. The topological polar surface area (TPSA) is 44.8 Å². The first-order chi connectivity index (χ1) is 12.9. The van der Waals surface area contributed by atoms with Gasteiger partial charge in [0, 0.05) is 27.7 Å². The van der Waals surface area contributed by atoms with Gasteiger partial charge in [0.15, 0.2) is 11.6 Å². The van der Waals surface area contributed by atoms with E-state index in [1.54, 1.807) is 14.0 Å². The summed E-state index contributed by atoms with van der Waals surface area (Å²) in [6.45, 7) is 6.94. The number of carbonyl (C=O) groups excluding carboxylic acids is 1. The largest absolute Gasteiger partial charge is 0.496 e. The van der Waals surface area contributed by atoms with Crippen molar-refractivity contribution in [2.75, 3.05) is 20.3 Å². The number of rotatable bonds is 7. The van der Waals surface area contributed by atoms with Crippen molar-refractivity contribution >= 4 is 17.5 Å². The summed E-state index contributed by atoms with van der Waals surface area (Å²) in [6.07, 6.45) is 0. The van der Waals surface area contributed by atoms with Crippen LogP contribution in [-0.4, -0.2) is 26.1 Å². The Kier molecular flexibility index (Phi) is 6.25. The van der Waals surface area contributed by atoms with Crippen LogP contribution in [0, 0.1) is 0 Å². The maximum atomic E-state index is 11.6. The molecule has 1 aliphatic heterocycles. The molecular weight excluding hydrogens is 360 g/mol. The van der Waals surface area contributed by atoms with Crippen molar-refractivity contribution in [1.29, 1.82) is 0 Å². The number of benzene rings is 2. The SMILES string of the molecule is COc1cc(C(C)=O)ccc1C(C)SCc1ccccc1C1(C)OCCO1. The third kappa shape index (κ3) is 4.37. The molecule has 5 heteroatoms. The lowest BCUT2D eigenvalue weighted by Gasteiger charge is -2.26. The first-order valence-corrected chi connectivity index (χ1v) is 10.2. The highest BCUT2D eigenvalue weighted by Crippen LogP contribution is 2.40. The van der Waals surface area contributed by atoms with Crippen molar-refractivity contribution in [3.05, 3.63) is 64.7 Å². The summed E-state index contributed by atoms with van der Waals surface area (Å²) in [7, 11) is 1.64. The van der Waals surface area contributed by atoms with Gasteiger partial charge in [0.1, 0.15) is 5.75 Å². The predicted octanol–water partition coefficient (Wildman–Crippen LogP) is 5.11. The Bertz CT molecular complexity index is 812. The van der Waals surface area contributed by atoms with Crippen LogP contribution in [-0.2, 0) is 21.0 Å². The third-order valence-electron chi connectivity index (χ3n) is 4.91. The molecular formula is C22H26O4S. The van der Waals surface area contributed by atoms with Crippen molar-refractivity contribution in [1.82, 2.24) is 0 Å². The standard InChI is InChI=1S/C22H26O4S/c1-15(23)17-9-10-19(21(13-17)24-4)16(2)27-14-18-7-5-6-8-20(18)22(3)25-11-12-26-22/h5-10,13,16H,11-12,14H2,1-4H3. The molecule has 144 valence electrons. The van der Waals surface area contributed by atoms with Gasteiger partial charge < -0.3 is 14.2 Å². The van der Waals surface area contributed by atoms with E-state index < -0.39 is 5.79 Å². The molecule has 0 amide bonds. The molecule has 0 spiro atoms. The average molecular weight is 387 g/mol. The Balaban J connectivity index is 1.77. The fourth-order valence-electron chi connectivity index (χ4n) is 3.33. The van der Waals surface area contributed by atoms with E-state index in [2.05, 4.69) is 19.1 Å². The Morgan fingerprint density at radius 1 is 1.22 bits per heavy atom. The van der Waals surface area contributed by atoms with E-state index in [1.165, 1.54) is 5.56 Å². The molecule has 1 heterocycles. The molecule has 0 aliphatic carbocycles. The zero-order chi connectivity index (χ0) is 19.4. The highest BCUT2D eigenvalue weighted by molar-refractivity contribution is 7.98. The molecule has 1 aliphatic rings. The van der Waals surface area contributed by atoms with Gasteiger partial charge in [0.2, 0.25) is 0 Å². The summed E-state index contributed by atoms with van der Waals surface area (Å²) in [5.74, 6) is 0.961. The van der Waals surface area contributed by atoms with Crippen LogP contribution in [0.25, 0.3) is 0 Å². The van der Waals surface area contributed by atoms with Crippen LogP contribution in [0.4, 0.5) is 0 Å². The number of hydrogen-bond acceptors (Lipinski definition) is 5. The zero-order valence-electron chi connectivity index (χ0n) is 16.3. The van der Waals surface area contributed by atoms with Crippen LogP contribution in [0.1, 0.15) is 53.1 Å². The molecule has 1 fully saturated rings. The summed E-state index contributed by atoms with van der Waals surface area (Å²) < 4.78 is 17.2. The summed E-state index contributed by atoms with van der Waals surface area (Å²) >= 11 is 1.82. The summed E-state index contributed by atoms with van der Waals surface area (Å²) in [5.41, 5.74) is 4.05. The molecule has 27 heavy (non-hydrogen) atoms. The first kappa shape index (κ1) is 19.9. The molecule has 1 atom stereocenters. The lowest BCUT2D eigenvalue weighted by atomic mass is 10.0. The van der Waals surface area contributed by atoms with E-state index in [9.17, 15) is 4.79 Å². The maximum absolute atomic E-state index is 11.6. The van der Waals surface area contributed by atoms with Gasteiger partial charge in [-0.3, -0.25) is 4.79 Å². The quantitative estimate of drug-likeness (QED) is 0.619. The predicted molar refractivity (Wildman–Crippen MR) is 108 cm³/mol. The van der Waals surface area contributed by atoms with Gasteiger partial charge >= 0.3 is 0 Å². The lowest BCUT2D eigenvalue weighted by Crippen LogP contribution is -2.24. The van der Waals surface area contributed by atoms with Crippen LogP contribution in [0.3, 0.4) is 0 Å². The van der Waals surface area contributed by atoms with Gasteiger partial charge in [0.05, 0.1) is 20.3 Å². The van der Waals surface area contributed by atoms with Crippen LogP contribution < -0.4 is 4.74 Å². The number of ketones is 1. The minimum Gasteiger partial charge on any atom is -0.496 e. The smallest absolute Gasteiger partial charge is 0.192 e. The molecule has 0 N–H and O–H groups in total. The highest BCUT2D eigenvalue weighted by Gasteiger charge is 2.34. The molecule has 1 saturated heterocycles. The number of thioether (sulfide) groups is 1. The van der Waals surface area contributed by atoms with Crippen molar-refractivity contribution in [3.63, 3.8) is 0 Å². The van der Waals surface area contributed by atoms with Gasteiger partial charge in [-0.05, 0) is 32.4 Å². The van der Waals surface area contributed by atoms with E-state index in [-0.39, 0.29) is 11.0 Å². The van der Waals surface area contributed by atoms with Gasteiger partial charge in [-0.15, -0.1) is 11.8 Å². The first-order valence-electron chi connectivity index (χ1n) is 9.11. The normalized spacial score (nSPS) is 16.9. The molecule has 3 rings (SSSR count).